The van der Waals surface area contributed by atoms with E-state index in [-0.39, 0.29) is 4.83 Å². The number of halogens is 3. The summed E-state index contributed by atoms with van der Waals surface area (Å²) in [5, 5.41) is 1.57. The molecule has 0 amide bonds. The maximum atomic E-state index is 6.16. The zero-order valence-corrected chi connectivity index (χ0v) is 12.1. The predicted molar refractivity (Wildman–Crippen MR) is 78.3 cm³/mol. The number of alkyl halides is 1. The van der Waals surface area contributed by atoms with Gasteiger partial charge in [-0.2, -0.15) is 0 Å². The largest absolute Gasteiger partial charge is 0.0840 e. The van der Waals surface area contributed by atoms with Gasteiger partial charge in [0.15, 0.2) is 0 Å². The average Bonchev–Trinajstić information content (AvgIpc) is 2.32. The summed E-state index contributed by atoms with van der Waals surface area (Å²) in [5.41, 5.74) is 2.21. The summed E-state index contributed by atoms with van der Waals surface area (Å²) in [6.45, 7) is 0. The minimum atomic E-state index is 0.177. The summed E-state index contributed by atoms with van der Waals surface area (Å²) in [6.07, 6.45) is 0.823. The molecule has 3 heteroatoms. The second-order valence-corrected chi connectivity index (χ2v) is 5.70. The first kappa shape index (κ1) is 12.9. The maximum Gasteiger partial charge on any atom is 0.0450 e. The molecule has 0 spiro atoms. The second-order valence-electron chi connectivity index (χ2n) is 3.78. The molecule has 2 aromatic carbocycles. The van der Waals surface area contributed by atoms with E-state index >= 15 is 0 Å². The number of rotatable bonds is 3. The maximum absolute atomic E-state index is 6.16. The molecule has 2 rings (SSSR count). The van der Waals surface area contributed by atoms with Gasteiger partial charge in [0.2, 0.25) is 0 Å². The van der Waals surface area contributed by atoms with Gasteiger partial charge in [-0.25, -0.2) is 0 Å². The highest BCUT2D eigenvalue weighted by atomic mass is 79.9. The molecule has 0 bridgehead atoms. The van der Waals surface area contributed by atoms with Gasteiger partial charge in [0.05, 0.1) is 0 Å². The van der Waals surface area contributed by atoms with Crippen LogP contribution in [-0.4, -0.2) is 0 Å². The normalized spacial score (nSPS) is 12.4. The molecule has 0 aromatic heterocycles. The summed E-state index contributed by atoms with van der Waals surface area (Å²) < 4.78 is 0. The quantitative estimate of drug-likeness (QED) is 0.636. The molecular weight excluding hydrogens is 319 g/mol. The van der Waals surface area contributed by atoms with E-state index in [1.165, 1.54) is 0 Å². The van der Waals surface area contributed by atoms with Crippen LogP contribution in [0.5, 0.6) is 0 Å². The molecule has 1 unspecified atom stereocenters. The van der Waals surface area contributed by atoms with Crippen LogP contribution < -0.4 is 0 Å². The Morgan fingerprint density at radius 2 is 1.47 bits per heavy atom. The first-order valence-electron chi connectivity index (χ1n) is 5.30. The van der Waals surface area contributed by atoms with Crippen LogP contribution in [0.1, 0.15) is 16.0 Å². The van der Waals surface area contributed by atoms with Crippen molar-refractivity contribution in [2.75, 3.05) is 0 Å². The SMILES string of the molecule is Clc1ccccc1CC(Br)c1ccccc1Cl. The van der Waals surface area contributed by atoms with Crippen LogP contribution in [0.15, 0.2) is 48.5 Å². The third-order valence-electron chi connectivity index (χ3n) is 2.60. The predicted octanol–water partition coefficient (Wildman–Crippen LogP) is 5.67. The molecule has 0 N–H and O–H groups in total. The van der Waals surface area contributed by atoms with Crippen LogP contribution in [0.25, 0.3) is 0 Å². The van der Waals surface area contributed by atoms with Crippen molar-refractivity contribution in [1.29, 1.82) is 0 Å². The molecule has 0 fully saturated rings. The Kier molecular flexibility index (Phi) is 4.49. The zero-order valence-electron chi connectivity index (χ0n) is 9.04. The summed E-state index contributed by atoms with van der Waals surface area (Å²) in [4.78, 5) is 0.177. The van der Waals surface area contributed by atoms with Crippen LogP contribution in [0.3, 0.4) is 0 Å². The lowest BCUT2D eigenvalue weighted by atomic mass is 10.0. The van der Waals surface area contributed by atoms with Crippen molar-refractivity contribution in [2.24, 2.45) is 0 Å². The van der Waals surface area contributed by atoms with E-state index in [1.807, 2.05) is 48.5 Å². The molecule has 17 heavy (non-hydrogen) atoms. The van der Waals surface area contributed by atoms with E-state index in [4.69, 9.17) is 23.2 Å². The minimum absolute atomic E-state index is 0.177. The first-order chi connectivity index (χ1) is 8.18. The lowest BCUT2D eigenvalue weighted by Gasteiger charge is -2.12. The minimum Gasteiger partial charge on any atom is -0.0840 e. The summed E-state index contributed by atoms with van der Waals surface area (Å²) in [5.74, 6) is 0. The highest BCUT2D eigenvalue weighted by Crippen LogP contribution is 2.33. The van der Waals surface area contributed by atoms with Crippen LogP contribution >= 0.6 is 39.1 Å². The van der Waals surface area contributed by atoms with E-state index in [9.17, 15) is 0 Å². The molecule has 1 atom stereocenters. The highest BCUT2D eigenvalue weighted by molar-refractivity contribution is 9.09. The van der Waals surface area contributed by atoms with Crippen molar-refractivity contribution in [3.63, 3.8) is 0 Å². The Morgan fingerprint density at radius 1 is 0.882 bits per heavy atom. The lowest BCUT2D eigenvalue weighted by Crippen LogP contribution is -1.96. The number of benzene rings is 2. The van der Waals surface area contributed by atoms with Gasteiger partial charge >= 0.3 is 0 Å². The third-order valence-corrected chi connectivity index (χ3v) is 4.13. The van der Waals surface area contributed by atoms with Crippen molar-refractivity contribution in [1.82, 2.24) is 0 Å². The van der Waals surface area contributed by atoms with E-state index in [2.05, 4.69) is 15.9 Å². The Labute approximate surface area is 120 Å². The molecule has 0 saturated heterocycles. The van der Waals surface area contributed by atoms with Gasteiger partial charge in [-0.1, -0.05) is 75.5 Å². The van der Waals surface area contributed by atoms with Crippen LogP contribution in [0, 0.1) is 0 Å². The van der Waals surface area contributed by atoms with Gasteiger partial charge in [-0.15, -0.1) is 0 Å². The second kappa shape index (κ2) is 5.90. The monoisotopic (exact) mass is 328 g/mol. The Balaban J connectivity index is 2.20. The molecule has 0 heterocycles. The van der Waals surface area contributed by atoms with Crippen LogP contribution in [0.4, 0.5) is 0 Å². The fourth-order valence-electron chi connectivity index (χ4n) is 1.70. The van der Waals surface area contributed by atoms with Gasteiger partial charge in [0.25, 0.3) is 0 Å². The van der Waals surface area contributed by atoms with Gasteiger partial charge in [0.1, 0.15) is 0 Å². The Hall–Kier alpha value is -0.500. The lowest BCUT2D eigenvalue weighted by molar-refractivity contribution is 0.949. The standard InChI is InChI=1S/C14H11BrCl2/c15-12(11-6-2-4-8-14(11)17)9-10-5-1-3-7-13(10)16/h1-8,12H,9H2. The molecule has 0 saturated carbocycles. The van der Waals surface area contributed by atoms with Crippen molar-refractivity contribution in [3.05, 3.63) is 69.7 Å². The summed E-state index contributed by atoms with van der Waals surface area (Å²) >= 11 is 16.0. The molecule has 0 aliphatic rings. The highest BCUT2D eigenvalue weighted by Gasteiger charge is 2.12. The molecule has 0 aliphatic carbocycles. The smallest absolute Gasteiger partial charge is 0.0450 e. The van der Waals surface area contributed by atoms with E-state index in [1.54, 1.807) is 0 Å². The average molecular weight is 330 g/mol. The van der Waals surface area contributed by atoms with Crippen molar-refractivity contribution in [2.45, 2.75) is 11.2 Å². The van der Waals surface area contributed by atoms with Crippen LogP contribution in [0.2, 0.25) is 10.0 Å². The Bertz CT molecular complexity index is 511. The van der Waals surface area contributed by atoms with Gasteiger partial charge in [-0.3, -0.25) is 0 Å². The molecular formula is C14H11BrCl2. The molecule has 0 radical (unpaired) electrons. The fourth-order valence-corrected chi connectivity index (χ4v) is 3.06. The fraction of sp³-hybridized carbons (Fsp3) is 0.143. The number of hydrogen-bond acceptors (Lipinski definition) is 0. The Morgan fingerprint density at radius 3 is 2.12 bits per heavy atom. The van der Waals surface area contributed by atoms with Gasteiger partial charge in [0, 0.05) is 14.9 Å². The van der Waals surface area contributed by atoms with Crippen molar-refractivity contribution < 1.29 is 0 Å². The number of hydrogen-bond donors (Lipinski definition) is 0. The van der Waals surface area contributed by atoms with Crippen molar-refractivity contribution in [3.8, 4) is 0 Å². The van der Waals surface area contributed by atoms with Crippen molar-refractivity contribution >= 4 is 39.1 Å². The zero-order chi connectivity index (χ0) is 12.3. The van der Waals surface area contributed by atoms with Gasteiger partial charge in [-0.05, 0) is 29.7 Å². The van der Waals surface area contributed by atoms with Gasteiger partial charge < -0.3 is 0 Å². The summed E-state index contributed by atoms with van der Waals surface area (Å²) in [6, 6.07) is 15.7. The first-order valence-corrected chi connectivity index (χ1v) is 6.97. The topological polar surface area (TPSA) is 0 Å². The van der Waals surface area contributed by atoms with E-state index < -0.39 is 0 Å². The third kappa shape index (κ3) is 3.25. The van der Waals surface area contributed by atoms with E-state index in [0.29, 0.717) is 0 Å². The molecule has 0 nitrogen and oxygen atoms in total. The van der Waals surface area contributed by atoms with Crippen LogP contribution in [-0.2, 0) is 6.42 Å². The molecule has 2 aromatic rings. The molecule has 0 aliphatic heterocycles. The summed E-state index contributed by atoms with van der Waals surface area (Å²) in [7, 11) is 0. The van der Waals surface area contributed by atoms with E-state index in [0.717, 1.165) is 27.6 Å². The molecule has 88 valence electrons.